The highest BCUT2D eigenvalue weighted by Crippen LogP contribution is 2.28. The highest BCUT2D eigenvalue weighted by Gasteiger charge is 2.30. The standard InChI is InChI=1S/C15H21NO2/c1-10-6-4-9-13(14(10)17)15(18)16-11(2)7-5-8-12(16)3/h4,6,9,11-12,17H,5,7-8H2,1-3H3. The minimum absolute atomic E-state index is 0.0455. The van der Waals surface area contributed by atoms with Crippen molar-refractivity contribution in [2.24, 2.45) is 0 Å². The van der Waals surface area contributed by atoms with E-state index in [9.17, 15) is 9.90 Å². The van der Waals surface area contributed by atoms with Crippen LogP contribution < -0.4 is 0 Å². The van der Waals surface area contributed by atoms with Crippen molar-refractivity contribution in [1.82, 2.24) is 4.90 Å². The van der Waals surface area contributed by atoms with Gasteiger partial charge in [0.15, 0.2) is 0 Å². The third-order valence-electron chi connectivity index (χ3n) is 3.90. The Bertz CT molecular complexity index is 446. The van der Waals surface area contributed by atoms with Gasteiger partial charge in [-0.1, -0.05) is 12.1 Å². The first-order chi connectivity index (χ1) is 8.52. The molecule has 3 heteroatoms. The molecule has 2 unspecified atom stereocenters. The first-order valence-corrected chi connectivity index (χ1v) is 6.63. The zero-order chi connectivity index (χ0) is 13.3. The summed E-state index contributed by atoms with van der Waals surface area (Å²) in [7, 11) is 0. The zero-order valence-electron chi connectivity index (χ0n) is 11.3. The number of amides is 1. The Morgan fingerprint density at radius 3 is 2.50 bits per heavy atom. The first-order valence-electron chi connectivity index (χ1n) is 6.63. The van der Waals surface area contributed by atoms with Crippen LogP contribution in [0, 0.1) is 6.92 Å². The number of hydrogen-bond donors (Lipinski definition) is 1. The lowest BCUT2D eigenvalue weighted by Crippen LogP contribution is -2.47. The van der Waals surface area contributed by atoms with Crippen molar-refractivity contribution >= 4 is 5.91 Å². The van der Waals surface area contributed by atoms with E-state index >= 15 is 0 Å². The fourth-order valence-corrected chi connectivity index (χ4v) is 2.79. The molecule has 0 radical (unpaired) electrons. The molecule has 1 N–H and O–H groups in total. The van der Waals surface area contributed by atoms with Crippen LogP contribution in [0.2, 0.25) is 0 Å². The number of piperidine rings is 1. The molecule has 0 saturated carbocycles. The second kappa shape index (κ2) is 5.01. The molecule has 1 aliphatic heterocycles. The summed E-state index contributed by atoms with van der Waals surface area (Å²) in [5, 5.41) is 10.0. The van der Waals surface area contributed by atoms with Crippen molar-refractivity contribution in [1.29, 1.82) is 0 Å². The second-order valence-corrected chi connectivity index (χ2v) is 5.31. The van der Waals surface area contributed by atoms with Crippen molar-refractivity contribution in [3.8, 4) is 5.75 Å². The Hall–Kier alpha value is -1.51. The van der Waals surface area contributed by atoms with E-state index in [0.717, 1.165) is 18.4 Å². The molecule has 1 aliphatic rings. The summed E-state index contributed by atoms with van der Waals surface area (Å²) in [5.41, 5.74) is 1.17. The van der Waals surface area contributed by atoms with Gasteiger partial charge in [0.25, 0.3) is 5.91 Å². The van der Waals surface area contributed by atoms with Crippen molar-refractivity contribution in [2.75, 3.05) is 0 Å². The molecule has 0 spiro atoms. The first kappa shape index (κ1) is 12.9. The van der Waals surface area contributed by atoms with Gasteiger partial charge in [0.2, 0.25) is 0 Å². The Morgan fingerprint density at radius 1 is 1.28 bits per heavy atom. The average Bonchev–Trinajstić information content (AvgIpc) is 2.32. The van der Waals surface area contributed by atoms with Crippen LogP contribution in [-0.4, -0.2) is 28.0 Å². The van der Waals surface area contributed by atoms with E-state index < -0.39 is 0 Å². The van der Waals surface area contributed by atoms with Gasteiger partial charge in [-0.15, -0.1) is 0 Å². The quantitative estimate of drug-likeness (QED) is 0.828. The number of rotatable bonds is 1. The Balaban J connectivity index is 2.32. The van der Waals surface area contributed by atoms with Gasteiger partial charge in [-0.25, -0.2) is 0 Å². The molecule has 1 aromatic rings. The summed E-state index contributed by atoms with van der Waals surface area (Å²) in [6.07, 6.45) is 3.26. The molecule has 0 aromatic heterocycles. The average molecular weight is 247 g/mol. The number of aromatic hydroxyl groups is 1. The molecule has 0 bridgehead atoms. The number of likely N-dealkylation sites (tertiary alicyclic amines) is 1. The molecule has 0 aliphatic carbocycles. The molecule has 1 saturated heterocycles. The number of phenolic OH excluding ortho intramolecular Hbond substituents is 1. The Morgan fingerprint density at radius 2 is 1.89 bits per heavy atom. The largest absolute Gasteiger partial charge is 0.507 e. The SMILES string of the molecule is Cc1cccc(C(=O)N2C(C)CCCC2C)c1O. The Labute approximate surface area is 108 Å². The fraction of sp³-hybridized carbons (Fsp3) is 0.533. The van der Waals surface area contributed by atoms with Gasteiger partial charge in [0.1, 0.15) is 5.75 Å². The second-order valence-electron chi connectivity index (χ2n) is 5.31. The van der Waals surface area contributed by atoms with Crippen LogP contribution in [-0.2, 0) is 0 Å². The van der Waals surface area contributed by atoms with Gasteiger partial charge in [-0.2, -0.15) is 0 Å². The molecule has 98 valence electrons. The topological polar surface area (TPSA) is 40.5 Å². The minimum atomic E-state index is -0.0455. The summed E-state index contributed by atoms with van der Waals surface area (Å²) < 4.78 is 0. The maximum absolute atomic E-state index is 12.6. The molecule has 1 heterocycles. The van der Waals surface area contributed by atoms with Gasteiger partial charge in [-0.3, -0.25) is 4.79 Å². The molecule has 1 aromatic carbocycles. The van der Waals surface area contributed by atoms with Crippen LogP contribution in [0.25, 0.3) is 0 Å². The molecule has 1 fully saturated rings. The summed E-state index contributed by atoms with van der Waals surface area (Å²) in [5.74, 6) is 0.0726. The number of phenols is 1. The number of benzene rings is 1. The minimum Gasteiger partial charge on any atom is -0.507 e. The van der Waals surface area contributed by atoms with E-state index in [1.807, 2.05) is 24.0 Å². The van der Waals surface area contributed by atoms with Gasteiger partial charge < -0.3 is 10.0 Å². The summed E-state index contributed by atoms with van der Waals surface area (Å²) >= 11 is 0. The lowest BCUT2D eigenvalue weighted by atomic mass is 9.96. The number of hydrogen-bond acceptors (Lipinski definition) is 2. The van der Waals surface area contributed by atoms with Crippen LogP contribution in [0.1, 0.15) is 49.0 Å². The predicted molar refractivity (Wildman–Crippen MR) is 71.8 cm³/mol. The van der Waals surface area contributed by atoms with Crippen LogP contribution in [0.15, 0.2) is 18.2 Å². The van der Waals surface area contributed by atoms with Crippen molar-refractivity contribution < 1.29 is 9.90 Å². The normalized spacial score (nSPS) is 24.1. The van der Waals surface area contributed by atoms with Gasteiger partial charge >= 0.3 is 0 Å². The van der Waals surface area contributed by atoms with Gasteiger partial charge in [-0.05, 0) is 51.7 Å². The summed E-state index contributed by atoms with van der Waals surface area (Å²) in [4.78, 5) is 14.5. The van der Waals surface area contributed by atoms with Crippen molar-refractivity contribution in [3.63, 3.8) is 0 Å². The van der Waals surface area contributed by atoms with E-state index in [0.29, 0.717) is 5.56 Å². The number of carbonyl (C=O) groups is 1. The van der Waals surface area contributed by atoms with E-state index in [2.05, 4.69) is 13.8 Å². The van der Waals surface area contributed by atoms with Crippen molar-refractivity contribution in [3.05, 3.63) is 29.3 Å². The smallest absolute Gasteiger partial charge is 0.258 e. The van der Waals surface area contributed by atoms with E-state index in [4.69, 9.17) is 0 Å². The number of aryl methyl sites for hydroxylation is 1. The fourth-order valence-electron chi connectivity index (χ4n) is 2.79. The molecule has 2 rings (SSSR count). The summed E-state index contributed by atoms with van der Waals surface area (Å²) in [6, 6.07) is 5.84. The molecular formula is C15H21NO2. The molecule has 3 nitrogen and oxygen atoms in total. The van der Waals surface area contributed by atoms with Crippen LogP contribution >= 0.6 is 0 Å². The maximum atomic E-state index is 12.6. The number of nitrogens with zero attached hydrogens (tertiary/aromatic N) is 1. The van der Waals surface area contributed by atoms with Crippen molar-refractivity contribution in [2.45, 2.75) is 52.1 Å². The Kier molecular flexibility index (Phi) is 3.60. The summed E-state index contributed by atoms with van der Waals surface area (Å²) in [6.45, 7) is 5.98. The van der Waals surface area contributed by atoms with Crippen LogP contribution in [0.3, 0.4) is 0 Å². The lowest BCUT2D eigenvalue weighted by molar-refractivity contribution is 0.0507. The third-order valence-corrected chi connectivity index (χ3v) is 3.90. The van der Waals surface area contributed by atoms with Gasteiger partial charge in [0.05, 0.1) is 5.56 Å². The molecule has 18 heavy (non-hydrogen) atoms. The molecular weight excluding hydrogens is 226 g/mol. The predicted octanol–water partition coefficient (Wildman–Crippen LogP) is 3.10. The van der Waals surface area contributed by atoms with Gasteiger partial charge in [0, 0.05) is 12.1 Å². The zero-order valence-corrected chi connectivity index (χ0v) is 11.3. The van der Waals surface area contributed by atoms with Crippen LogP contribution in [0.4, 0.5) is 0 Å². The van der Waals surface area contributed by atoms with E-state index in [-0.39, 0.29) is 23.7 Å². The highest BCUT2D eigenvalue weighted by molar-refractivity contribution is 5.97. The van der Waals surface area contributed by atoms with E-state index in [1.165, 1.54) is 6.42 Å². The number of para-hydroxylation sites is 1. The third kappa shape index (κ3) is 2.22. The highest BCUT2D eigenvalue weighted by atomic mass is 16.3. The van der Waals surface area contributed by atoms with Crippen LogP contribution in [0.5, 0.6) is 5.75 Å². The number of carbonyl (C=O) groups excluding carboxylic acids is 1. The monoisotopic (exact) mass is 247 g/mol. The molecule has 1 amide bonds. The lowest BCUT2D eigenvalue weighted by Gasteiger charge is -2.39. The maximum Gasteiger partial charge on any atom is 0.258 e. The molecule has 2 atom stereocenters. The van der Waals surface area contributed by atoms with E-state index in [1.54, 1.807) is 6.07 Å².